The van der Waals surface area contributed by atoms with Crippen LogP contribution in [-0.2, 0) is 0 Å². The number of rotatable bonds is 5. The van der Waals surface area contributed by atoms with Gasteiger partial charge in [-0.2, -0.15) is 0 Å². The molecule has 0 aromatic rings. The second-order valence-electron chi connectivity index (χ2n) is 4.99. The number of hydrogen-bond donors (Lipinski definition) is 0. The molecule has 0 aliphatic carbocycles. The molecule has 15 heavy (non-hydrogen) atoms. The zero-order valence-electron chi connectivity index (χ0n) is 11.2. The van der Waals surface area contributed by atoms with Gasteiger partial charge in [0.2, 0.25) is 0 Å². The molecule has 0 aromatic carbocycles. The minimum atomic E-state index is 0.247. The van der Waals surface area contributed by atoms with E-state index in [1.165, 1.54) is 11.1 Å². The van der Waals surface area contributed by atoms with Crippen LogP contribution in [-0.4, -0.2) is 0 Å². The van der Waals surface area contributed by atoms with Crippen molar-refractivity contribution < 1.29 is 0 Å². The predicted octanol–water partition coefficient (Wildman–Crippen LogP) is 5.14. The fraction of sp³-hybridized carbons (Fsp3) is 0.600. The molecule has 0 heterocycles. The van der Waals surface area contributed by atoms with Gasteiger partial charge in [-0.15, -0.1) is 6.58 Å². The molecular formula is C15H26. The summed E-state index contributed by atoms with van der Waals surface area (Å²) in [6.45, 7) is 17.2. The summed E-state index contributed by atoms with van der Waals surface area (Å²) in [4.78, 5) is 0. The minimum Gasteiger partial charge on any atom is -0.103 e. The van der Waals surface area contributed by atoms with Gasteiger partial charge in [-0.25, -0.2) is 0 Å². The van der Waals surface area contributed by atoms with E-state index in [4.69, 9.17) is 0 Å². The first kappa shape index (κ1) is 14.2. The normalized spacial score (nSPS) is 16.4. The highest BCUT2D eigenvalue weighted by molar-refractivity contribution is 5.15. The first-order chi connectivity index (χ1) is 6.86. The third kappa shape index (κ3) is 4.07. The van der Waals surface area contributed by atoms with Gasteiger partial charge in [-0.3, -0.25) is 0 Å². The van der Waals surface area contributed by atoms with Crippen LogP contribution in [0.15, 0.2) is 36.0 Å². The molecule has 0 amide bonds. The van der Waals surface area contributed by atoms with Crippen LogP contribution in [0.3, 0.4) is 0 Å². The maximum absolute atomic E-state index is 3.77. The van der Waals surface area contributed by atoms with Gasteiger partial charge in [0, 0.05) is 0 Å². The molecule has 0 N–H and O–H groups in total. The highest BCUT2D eigenvalue weighted by atomic mass is 14.3. The van der Waals surface area contributed by atoms with Gasteiger partial charge < -0.3 is 0 Å². The summed E-state index contributed by atoms with van der Waals surface area (Å²) in [7, 11) is 0. The second-order valence-corrected chi connectivity index (χ2v) is 4.99. The zero-order valence-corrected chi connectivity index (χ0v) is 11.2. The Balaban J connectivity index is 4.77. The monoisotopic (exact) mass is 206 g/mol. The van der Waals surface area contributed by atoms with E-state index in [1.807, 2.05) is 6.08 Å². The molecule has 0 spiro atoms. The van der Waals surface area contributed by atoms with Crippen molar-refractivity contribution in [3.05, 3.63) is 36.0 Å². The van der Waals surface area contributed by atoms with Gasteiger partial charge in [0.15, 0.2) is 0 Å². The van der Waals surface area contributed by atoms with Crippen LogP contribution >= 0.6 is 0 Å². The highest BCUT2D eigenvalue weighted by Crippen LogP contribution is 2.36. The van der Waals surface area contributed by atoms with Gasteiger partial charge in [-0.05, 0) is 38.5 Å². The summed E-state index contributed by atoms with van der Waals surface area (Å²) in [5.41, 5.74) is 3.11. The van der Waals surface area contributed by atoms with Gasteiger partial charge in [-0.1, -0.05) is 50.1 Å². The Kier molecular flexibility index (Phi) is 5.64. The van der Waals surface area contributed by atoms with Crippen LogP contribution in [0.4, 0.5) is 0 Å². The summed E-state index contributed by atoms with van der Waals surface area (Å²) >= 11 is 0. The van der Waals surface area contributed by atoms with Crippen molar-refractivity contribution in [2.75, 3.05) is 0 Å². The Morgan fingerprint density at radius 3 is 2.27 bits per heavy atom. The van der Waals surface area contributed by atoms with Gasteiger partial charge in [0.05, 0.1) is 0 Å². The van der Waals surface area contributed by atoms with Crippen molar-refractivity contribution in [3.8, 4) is 0 Å². The van der Waals surface area contributed by atoms with Gasteiger partial charge >= 0.3 is 0 Å². The average Bonchev–Trinajstić information content (AvgIpc) is 2.16. The Morgan fingerprint density at radius 2 is 1.87 bits per heavy atom. The average molecular weight is 206 g/mol. The Labute approximate surface area is 95.8 Å². The molecular weight excluding hydrogens is 180 g/mol. The Bertz CT molecular complexity index is 264. The van der Waals surface area contributed by atoms with Crippen LogP contribution in [0.2, 0.25) is 0 Å². The molecule has 0 saturated carbocycles. The molecule has 0 aliphatic heterocycles. The first-order valence-corrected chi connectivity index (χ1v) is 5.77. The van der Waals surface area contributed by atoms with E-state index >= 15 is 0 Å². The smallest absolute Gasteiger partial charge is 0.00874 e. The molecule has 0 bridgehead atoms. The first-order valence-electron chi connectivity index (χ1n) is 5.77. The molecule has 0 aromatic heterocycles. The molecule has 86 valence electrons. The number of hydrogen-bond acceptors (Lipinski definition) is 0. The highest BCUT2D eigenvalue weighted by Gasteiger charge is 2.25. The van der Waals surface area contributed by atoms with Crippen LogP contribution < -0.4 is 0 Å². The fourth-order valence-corrected chi connectivity index (χ4v) is 1.66. The van der Waals surface area contributed by atoms with E-state index in [2.05, 4.69) is 60.3 Å². The van der Waals surface area contributed by atoms with Crippen LogP contribution in [0.5, 0.6) is 0 Å². The van der Waals surface area contributed by atoms with Crippen LogP contribution in [0.25, 0.3) is 0 Å². The molecule has 0 aliphatic rings. The molecule has 1 unspecified atom stereocenters. The van der Waals surface area contributed by atoms with E-state index < -0.39 is 0 Å². The largest absolute Gasteiger partial charge is 0.103 e. The lowest BCUT2D eigenvalue weighted by molar-refractivity contribution is 0.340. The van der Waals surface area contributed by atoms with E-state index in [0.29, 0.717) is 5.92 Å². The summed E-state index contributed by atoms with van der Waals surface area (Å²) in [6.07, 6.45) is 7.55. The van der Waals surface area contributed by atoms with E-state index in [9.17, 15) is 0 Å². The van der Waals surface area contributed by atoms with Crippen molar-refractivity contribution in [3.63, 3.8) is 0 Å². The predicted molar refractivity (Wildman–Crippen MR) is 70.9 cm³/mol. The Hall–Kier alpha value is -0.780. The Morgan fingerprint density at radius 1 is 1.33 bits per heavy atom. The molecule has 0 fully saturated rings. The van der Waals surface area contributed by atoms with Crippen LogP contribution in [0.1, 0.15) is 48.0 Å². The molecule has 0 heteroatoms. The van der Waals surface area contributed by atoms with Crippen molar-refractivity contribution in [2.45, 2.75) is 48.0 Å². The van der Waals surface area contributed by atoms with Crippen molar-refractivity contribution in [1.82, 2.24) is 0 Å². The number of allylic oxidation sites excluding steroid dienone is 5. The third-order valence-electron chi connectivity index (χ3n) is 3.59. The summed E-state index contributed by atoms with van der Waals surface area (Å²) in [5, 5.41) is 0. The lowest BCUT2D eigenvalue weighted by atomic mass is 9.73. The standard InChI is InChI=1S/C15H26/c1-8-10-12(3)11-14(5)15(6,7)13(4)9-2/h8-9,11,14H,1,10H2,2-7H3/b12-11+,13-9+. The molecule has 0 nitrogen and oxygen atoms in total. The summed E-state index contributed by atoms with van der Waals surface area (Å²) in [6, 6.07) is 0. The molecule has 0 rings (SSSR count). The van der Waals surface area contributed by atoms with Crippen LogP contribution in [0, 0.1) is 11.3 Å². The SMILES string of the molecule is C=CC/C(C)=C/C(C)C(C)(C)/C(C)=C/C. The van der Waals surface area contributed by atoms with Crippen molar-refractivity contribution in [2.24, 2.45) is 11.3 Å². The third-order valence-corrected chi connectivity index (χ3v) is 3.59. The lowest BCUT2D eigenvalue weighted by Gasteiger charge is -2.31. The second kappa shape index (κ2) is 5.95. The topological polar surface area (TPSA) is 0 Å². The quantitative estimate of drug-likeness (QED) is 0.546. The van der Waals surface area contributed by atoms with Gasteiger partial charge in [0.1, 0.15) is 0 Å². The lowest BCUT2D eigenvalue weighted by Crippen LogP contribution is -2.21. The maximum Gasteiger partial charge on any atom is -0.00874 e. The maximum atomic E-state index is 3.77. The summed E-state index contributed by atoms with van der Waals surface area (Å²) in [5.74, 6) is 0.564. The van der Waals surface area contributed by atoms with E-state index in [-0.39, 0.29) is 5.41 Å². The van der Waals surface area contributed by atoms with Crippen molar-refractivity contribution in [1.29, 1.82) is 0 Å². The summed E-state index contributed by atoms with van der Waals surface area (Å²) < 4.78 is 0. The minimum absolute atomic E-state index is 0.247. The van der Waals surface area contributed by atoms with Gasteiger partial charge in [0.25, 0.3) is 0 Å². The molecule has 0 radical (unpaired) electrons. The molecule has 0 saturated heterocycles. The van der Waals surface area contributed by atoms with E-state index in [1.54, 1.807) is 0 Å². The fourth-order valence-electron chi connectivity index (χ4n) is 1.66. The van der Waals surface area contributed by atoms with E-state index in [0.717, 1.165) is 6.42 Å². The van der Waals surface area contributed by atoms with Crippen molar-refractivity contribution >= 4 is 0 Å². The molecule has 1 atom stereocenters. The zero-order chi connectivity index (χ0) is 12.1.